The first-order valence-corrected chi connectivity index (χ1v) is 13.7. The van der Waals surface area contributed by atoms with E-state index in [1.807, 2.05) is 34.6 Å². The minimum Gasteiger partial charge on any atom is -0.481 e. The molecule has 0 aromatic rings. The number of aliphatic hydroxyl groups excluding tert-OH is 3. The van der Waals surface area contributed by atoms with E-state index in [1.165, 1.54) is 13.0 Å². The zero-order valence-electron chi connectivity index (χ0n) is 23.5. The average molecular weight is 531 g/mol. The summed E-state index contributed by atoms with van der Waals surface area (Å²) < 4.78 is 0. The second-order valence-corrected chi connectivity index (χ2v) is 13.6. The molecule has 0 aromatic heterocycles. The van der Waals surface area contributed by atoms with E-state index >= 15 is 0 Å². The molecule has 4 aliphatic rings. The van der Waals surface area contributed by atoms with Gasteiger partial charge in [-0.15, -0.1) is 0 Å². The molecule has 0 radical (unpaired) electrons. The highest BCUT2D eigenvalue weighted by molar-refractivity contribution is 6.05. The largest absolute Gasteiger partial charge is 0.481 e. The lowest BCUT2D eigenvalue weighted by Gasteiger charge is -2.61. The van der Waals surface area contributed by atoms with Gasteiger partial charge in [0, 0.05) is 18.4 Å². The monoisotopic (exact) mass is 530 g/mol. The third-order valence-corrected chi connectivity index (χ3v) is 11.4. The Morgan fingerprint density at radius 3 is 2.26 bits per heavy atom. The van der Waals surface area contributed by atoms with Crippen molar-refractivity contribution in [2.75, 3.05) is 0 Å². The molecule has 0 aliphatic heterocycles. The van der Waals surface area contributed by atoms with Gasteiger partial charge in [-0.05, 0) is 79.8 Å². The van der Waals surface area contributed by atoms with Gasteiger partial charge < -0.3 is 20.4 Å². The highest BCUT2D eigenvalue weighted by Crippen LogP contribution is 2.70. The molecular formula is C30H42O8. The summed E-state index contributed by atoms with van der Waals surface area (Å²) in [5.41, 5.74) is -1.54. The lowest BCUT2D eigenvalue weighted by molar-refractivity contribution is -0.148. The highest BCUT2D eigenvalue weighted by Gasteiger charge is 2.70. The standard InChI is InChI=1S/C30H42O8/c1-14(10-18(32)25(36)15(2)26(37)38)16-11-22(35)30(7)24-17(31)12-20-27(3,4)21(34)8-9-28(20,5)23(24)19(33)13-29(16,30)6/h10,15-17,20-21,25,31,34,36H,8-9,11-13H2,1-7H3,(H,37,38)/b14-10+/t15?,16-,17+,20?,21+,25?,28+,29-,30+/m1/s1. The molecule has 3 unspecified atom stereocenters. The maximum absolute atomic E-state index is 14.1. The Bertz CT molecular complexity index is 1160. The van der Waals surface area contributed by atoms with Crippen molar-refractivity contribution in [3.05, 3.63) is 22.8 Å². The first-order valence-electron chi connectivity index (χ1n) is 13.7. The number of Topliss-reactive ketones (excluding diaryl/α,β-unsaturated/α-hetero) is 2. The number of carboxylic acid groups (broad SMARTS) is 1. The van der Waals surface area contributed by atoms with Crippen molar-refractivity contribution >= 4 is 23.3 Å². The van der Waals surface area contributed by atoms with Crippen LogP contribution < -0.4 is 0 Å². The Hall–Kier alpha value is -2.16. The maximum atomic E-state index is 14.1. The van der Waals surface area contributed by atoms with Crippen LogP contribution in [0.2, 0.25) is 0 Å². The molecule has 4 aliphatic carbocycles. The molecule has 2 fully saturated rings. The molecule has 0 aromatic carbocycles. The second-order valence-electron chi connectivity index (χ2n) is 13.6. The Morgan fingerprint density at radius 2 is 1.68 bits per heavy atom. The van der Waals surface area contributed by atoms with Crippen LogP contribution in [0.1, 0.15) is 80.6 Å². The van der Waals surface area contributed by atoms with Crippen molar-refractivity contribution in [3.8, 4) is 0 Å². The van der Waals surface area contributed by atoms with Crippen molar-refractivity contribution in [3.63, 3.8) is 0 Å². The Balaban J connectivity index is 1.81. The zero-order chi connectivity index (χ0) is 28.7. The van der Waals surface area contributed by atoms with Crippen LogP contribution in [0.3, 0.4) is 0 Å². The van der Waals surface area contributed by atoms with E-state index in [4.69, 9.17) is 5.11 Å². The molecule has 4 rings (SSSR count). The van der Waals surface area contributed by atoms with Crippen LogP contribution in [0.15, 0.2) is 22.8 Å². The van der Waals surface area contributed by atoms with Crippen molar-refractivity contribution in [2.45, 2.75) is 98.9 Å². The van der Waals surface area contributed by atoms with Crippen LogP contribution in [0, 0.1) is 39.4 Å². The van der Waals surface area contributed by atoms with Gasteiger partial charge in [0.2, 0.25) is 0 Å². The predicted octanol–water partition coefficient (Wildman–Crippen LogP) is 3.02. The number of aliphatic carboxylic acids is 1. The van der Waals surface area contributed by atoms with Crippen LogP contribution in [0.5, 0.6) is 0 Å². The lowest BCUT2D eigenvalue weighted by atomic mass is 9.42. The molecule has 0 bridgehead atoms. The van der Waals surface area contributed by atoms with Gasteiger partial charge in [-0.2, -0.15) is 0 Å². The van der Waals surface area contributed by atoms with Gasteiger partial charge in [-0.3, -0.25) is 19.2 Å². The van der Waals surface area contributed by atoms with Crippen molar-refractivity contribution < 1.29 is 39.6 Å². The first-order chi connectivity index (χ1) is 17.4. The number of hydrogen-bond donors (Lipinski definition) is 4. The van der Waals surface area contributed by atoms with Crippen molar-refractivity contribution in [2.24, 2.45) is 39.4 Å². The first kappa shape index (κ1) is 28.8. The fraction of sp³-hybridized carbons (Fsp3) is 0.733. The van der Waals surface area contributed by atoms with Crippen LogP contribution in [0.25, 0.3) is 0 Å². The Morgan fingerprint density at radius 1 is 1.08 bits per heavy atom. The predicted molar refractivity (Wildman–Crippen MR) is 139 cm³/mol. The van der Waals surface area contributed by atoms with Gasteiger partial charge in [-0.1, -0.05) is 33.3 Å². The van der Waals surface area contributed by atoms with E-state index < -0.39 is 63.6 Å². The highest BCUT2D eigenvalue weighted by atomic mass is 16.4. The molecule has 8 nitrogen and oxygen atoms in total. The Kier molecular flexibility index (Phi) is 6.78. The van der Waals surface area contributed by atoms with E-state index in [0.29, 0.717) is 36.0 Å². The van der Waals surface area contributed by atoms with Crippen LogP contribution in [-0.2, 0) is 19.2 Å². The third kappa shape index (κ3) is 3.66. The van der Waals surface area contributed by atoms with E-state index in [2.05, 4.69) is 0 Å². The number of carboxylic acids is 1. The number of allylic oxidation sites excluding steroid dienone is 2. The van der Waals surface area contributed by atoms with Gasteiger partial charge in [0.05, 0.1) is 23.5 Å². The van der Waals surface area contributed by atoms with Crippen molar-refractivity contribution in [1.29, 1.82) is 0 Å². The fourth-order valence-corrected chi connectivity index (χ4v) is 8.68. The van der Waals surface area contributed by atoms with E-state index in [-0.39, 0.29) is 30.3 Å². The summed E-state index contributed by atoms with van der Waals surface area (Å²) in [7, 11) is 0. The van der Waals surface area contributed by atoms with E-state index in [9.17, 15) is 34.5 Å². The smallest absolute Gasteiger partial charge is 0.309 e. The van der Waals surface area contributed by atoms with Crippen LogP contribution >= 0.6 is 0 Å². The number of carbonyl (C=O) groups excluding carboxylic acids is 3. The summed E-state index contributed by atoms with van der Waals surface area (Å²) in [6, 6.07) is 0. The molecule has 0 saturated heterocycles. The number of carbonyl (C=O) groups is 4. The molecule has 38 heavy (non-hydrogen) atoms. The number of rotatable bonds is 5. The summed E-state index contributed by atoms with van der Waals surface area (Å²) >= 11 is 0. The van der Waals surface area contributed by atoms with Crippen molar-refractivity contribution in [1.82, 2.24) is 0 Å². The minimum atomic E-state index is -1.72. The average Bonchev–Trinajstić information content (AvgIpc) is 3.03. The molecule has 4 N–H and O–H groups in total. The number of hydrogen-bond acceptors (Lipinski definition) is 7. The molecular weight excluding hydrogens is 488 g/mol. The molecule has 0 spiro atoms. The molecule has 2 saturated carbocycles. The fourth-order valence-electron chi connectivity index (χ4n) is 8.68. The summed E-state index contributed by atoms with van der Waals surface area (Å²) in [4.78, 5) is 51.9. The summed E-state index contributed by atoms with van der Waals surface area (Å²) in [6.07, 6.45) is -0.426. The zero-order valence-corrected chi connectivity index (χ0v) is 23.5. The van der Waals surface area contributed by atoms with Crippen LogP contribution in [-0.4, -0.2) is 62.1 Å². The van der Waals surface area contributed by atoms with Gasteiger partial charge in [0.1, 0.15) is 11.9 Å². The normalized spacial score (nSPS) is 42.2. The van der Waals surface area contributed by atoms with Gasteiger partial charge >= 0.3 is 5.97 Å². The van der Waals surface area contributed by atoms with Crippen LogP contribution in [0.4, 0.5) is 0 Å². The quantitative estimate of drug-likeness (QED) is 0.396. The molecule has 0 heterocycles. The SMILES string of the molecule is C/C(=C\C(=O)C(O)C(C)C(=O)O)[C@H]1CC(=O)[C@@]2(C)C3=C(C(=O)C[C@]12C)[C@@]1(C)CC[C@H](O)C(C)(C)C1C[C@@H]3O. The Labute approximate surface area is 224 Å². The molecule has 8 heteroatoms. The maximum Gasteiger partial charge on any atom is 0.309 e. The second kappa shape index (κ2) is 8.93. The van der Waals surface area contributed by atoms with Gasteiger partial charge in [0.25, 0.3) is 0 Å². The van der Waals surface area contributed by atoms with E-state index in [1.54, 1.807) is 6.92 Å². The number of ketones is 3. The molecule has 9 atom stereocenters. The molecule has 210 valence electrons. The summed E-state index contributed by atoms with van der Waals surface area (Å²) in [5.74, 6) is -4.14. The van der Waals surface area contributed by atoms with E-state index in [0.717, 1.165) is 0 Å². The topological polar surface area (TPSA) is 149 Å². The number of aliphatic hydroxyl groups is 3. The summed E-state index contributed by atoms with van der Waals surface area (Å²) in [5, 5.41) is 41.8. The third-order valence-electron chi connectivity index (χ3n) is 11.4. The van der Waals surface area contributed by atoms with Gasteiger partial charge in [-0.25, -0.2) is 0 Å². The lowest BCUT2D eigenvalue weighted by Crippen LogP contribution is -2.60. The summed E-state index contributed by atoms with van der Waals surface area (Å²) in [6.45, 7) is 12.6. The molecule has 0 amide bonds. The minimum absolute atomic E-state index is 0.0736. The van der Waals surface area contributed by atoms with Gasteiger partial charge in [0.15, 0.2) is 11.6 Å². The number of fused-ring (bicyclic) bond motifs is 4.